The molecule has 35 heavy (non-hydrogen) atoms. The standard InChI is InChI=1S/C27H26N6O2/c1-31-16-18-32(19-17-31)26(34)21-12-14-23(15-13-21)33-27(35)25(29-28-22-10-6-3-7-11-22)24(30-33)20-8-4-2-5-9-20/h2-15,30H,16-19H2,1H3. The van der Waals surface area contributed by atoms with Crippen LogP contribution < -0.4 is 5.56 Å². The predicted molar refractivity (Wildman–Crippen MR) is 136 cm³/mol. The maximum atomic E-state index is 13.4. The van der Waals surface area contributed by atoms with E-state index in [9.17, 15) is 9.59 Å². The first-order valence-corrected chi connectivity index (χ1v) is 11.6. The van der Waals surface area contributed by atoms with Crippen LogP contribution in [0.1, 0.15) is 10.4 Å². The SMILES string of the molecule is CN1CCN(C(=O)c2ccc(-n3[nH]c(-c4ccccc4)c(N=Nc4ccccc4)c3=O)cc2)CC1. The number of nitrogens with one attached hydrogen (secondary N) is 1. The Labute approximate surface area is 203 Å². The molecule has 5 rings (SSSR count). The molecule has 8 heteroatoms. The average Bonchev–Trinajstić information content (AvgIpc) is 3.24. The van der Waals surface area contributed by atoms with Gasteiger partial charge in [0.1, 0.15) is 0 Å². The van der Waals surface area contributed by atoms with Gasteiger partial charge in [0.25, 0.3) is 11.5 Å². The smallest absolute Gasteiger partial charge is 0.299 e. The molecular weight excluding hydrogens is 440 g/mol. The van der Waals surface area contributed by atoms with Crippen molar-refractivity contribution < 1.29 is 4.79 Å². The molecule has 2 heterocycles. The van der Waals surface area contributed by atoms with Crippen molar-refractivity contribution in [1.82, 2.24) is 19.6 Å². The lowest BCUT2D eigenvalue weighted by Gasteiger charge is -2.32. The zero-order chi connectivity index (χ0) is 24.2. The highest BCUT2D eigenvalue weighted by Gasteiger charge is 2.21. The topological polar surface area (TPSA) is 86.1 Å². The van der Waals surface area contributed by atoms with Crippen LogP contribution in [0.2, 0.25) is 0 Å². The zero-order valence-electron chi connectivity index (χ0n) is 19.5. The maximum absolute atomic E-state index is 13.4. The third kappa shape index (κ3) is 4.83. The van der Waals surface area contributed by atoms with Gasteiger partial charge in [-0.2, -0.15) is 5.11 Å². The summed E-state index contributed by atoms with van der Waals surface area (Å²) in [6, 6.07) is 25.9. The molecule has 0 atom stereocenters. The van der Waals surface area contributed by atoms with Crippen molar-refractivity contribution in [3.63, 3.8) is 0 Å². The van der Waals surface area contributed by atoms with Crippen molar-refractivity contribution in [3.05, 3.63) is 101 Å². The van der Waals surface area contributed by atoms with Crippen LogP contribution in [0.15, 0.2) is 100.0 Å². The van der Waals surface area contributed by atoms with Crippen LogP contribution in [0.4, 0.5) is 11.4 Å². The van der Waals surface area contributed by atoms with Gasteiger partial charge in [-0.25, -0.2) is 4.68 Å². The maximum Gasteiger partial charge on any atom is 0.299 e. The number of hydrogen-bond acceptors (Lipinski definition) is 5. The van der Waals surface area contributed by atoms with Crippen LogP contribution in [-0.4, -0.2) is 58.7 Å². The van der Waals surface area contributed by atoms with Gasteiger partial charge in [-0.1, -0.05) is 48.5 Å². The van der Waals surface area contributed by atoms with E-state index in [1.165, 1.54) is 4.68 Å². The van der Waals surface area contributed by atoms with Crippen LogP contribution >= 0.6 is 0 Å². The first-order valence-electron chi connectivity index (χ1n) is 11.6. The van der Waals surface area contributed by atoms with Gasteiger partial charge >= 0.3 is 0 Å². The molecule has 1 aromatic heterocycles. The fourth-order valence-electron chi connectivity index (χ4n) is 4.06. The molecule has 1 N–H and O–H groups in total. The number of likely N-dealkylation sites (N-methyl/N-ethyl adjacent to an activating group) is 1. The second-order valence-corrected chi connectivity index (χ2v) is 8.52. The summed E-state index contributed by atoms with van der Waals surface area (Å²) in [5.41, 5.74) is 3.18. The Morgan fingerprint density at radius 3 is 2.09 bits per heavy atom. The van der Waals surface area contributed by atoms with Crippen molar-refractivity contribution in [2.45, 2.75) is 0 Å². The number of aromatic amines is 1. The minimum atomic E-state index is -0.318. The van der Waals surface area contributed by atoms with Gasteiger partial charge < -0.3 is 9.80 Å². The van der Waals surface area contributed by atoms with Crippen molar-refractivity contribution in [3.8, 4) is 16.9 Å². The highest BCUT2D eigenvalue weighted by Crippen LogP contribution is 2.28. The van der Waals surface area contributed by atoms with E-state index in [0.29, 0.717) is 35.7 Å². The van der Waals surface area contributed by atoms with Crippen LogP contribution in [0, 0.1) is 0 Å². The summed E-state index contributed by atoms with van der Waals surface area (Å²) in [5, 5.41) is 11.8. The highest BCUT2D eigenvalue weighted by molar-refractivity contribution is 5.94. The summed E-state index contributed by atoms with van der Waals surface area (Å²) in [6.07, 6.45) is 0. The van der Waals surface area contributed by atoms with Gasteiger partial charge in [0.15, 0.2) is 5.69 Å². The summed E-state index contributed by atoms with van der Waals surface area (Å²) >= 11 is 0. The van der Waals surface area contributed by atoms with Crippen LogP contribution in [0.25, 0.3) is 16.9 Å². The first-order chi connectivity index (χ1) is 17.1. The van der Waals surface area contributed by atoms with E-state index in [1.54, 1.807) is 24.3 Å². The van der Waals surface area contributed by atoms with Crippen LogP contribution in [0.5, 0.6) is 0 Å². The number of azo groups is 1. The number of hydrogen-bond donors (Lipinski definition) is 1. The van der Waals surface area contributed by atoms with E-state index in [-0.39, 0.29) is 17.2 Å². The molecule has 0 unspecified atom stereocenters. The predicted octanol–water partition coefficient (Wildman–Crippen LogP) is 4.64. The number of carbonyl (C=O) groups is 1. The van der Waals surface area contributed by atoms with Crippen LogP contribution in [-0.2, 0) is 0 Å². The van der Waals surface area contributed by atoms with E-state index in [4.69, 9.17) is 0 Å². The largest absolute Gasteiger partial charge is 0.336 e. The highest BCUT2D eigenvalue weighted by atomic mass is 16.2. The van der Waals surface area contributed by atoms with E-state index in [2.05, 4.69) is 27.3 Å². The number of piperazine rings is 1. The van der Waals surface area contributed by atoms with Gasteiger partial charge in [0.2, 0.25) is 0 Å². The second kappa shape index (κ2) is 9.90. The molecule has 0 spiro atoms. The molecule has 1 aliphatic heterocycles. The van der Waals surface area contributed by atoms with E-state index in [1.807, 2.05) is 65.6 Å². The molecule has 1 saturated heterocycles. The van der Waals surface area contributed by atoms with E-state index in [0.717, 1.165) is 18.7 Å². The molecule has 3 aromatic carbocycles. The van der Waals surface area contributed by atoms with Gasteiger partial charge in [0.05, 0.1) is 17.1 Å². The molecule has 8 nitrogen and oxygen atoms in total. The molecule has 176 valence electrons. The molecule has 4 aromatic rings. The van der Waals surface area contributed by atoms with Crippen molar-refractivity contribution in [2.75, 3.05) is 33.2 Å². The summed E-state index contributed by atoms with van der Waals surface area (Å²) in [4.78, 5) is 30.3. The molecule has 0 bridgehead atoms. The molecule has 0 saturated carbocycles. The normalized spacial score (nSPS) is 14.5. The Morgan fingerprint density at radius 2 is 1.43 bits per heavy atom. The number of H-pyrrole nitrogens is 1. The summed E-state index contributed by atoms with van der Waals surface area (Å²) in [5.74, 6) is 0.00538. The van der Waals surface area contributed by atoms with E-state index >= 15 is 0 Å². The first kappa shape index (κ1) is 22.5. The number of benzene rings is 3. The quantitative estimate of drug-likeness (QED) is 0.435. The molecule has 0 aliphatic carbocycles. The molecule has 1 fully saturated rings. The van der Waals surface area contributed by atoms with Crippen molar-refractivity contribution in [2.24, 2.45) is 10.2 Å². The number of rotatable bonds is 5. The van der Waals surface area contributed by atoms with Gasteiger partial charge in [-0.15, -0.1) is 5.11 Å². The molecule has 1 aliphatic rings. The van der Waals surface area contributed by atoms with Gasteiger partial charge in [-0.05, 0) is 43.4 Å². The fourth-order valence-corrected chi connectivity index (χ4v) is 4.06. The van der Waals surface area contributed by atoms with Gasteiger partial charge in [-0.3, -0.25) is 14.7 Å². The summed E-state index contributed by atoms with van der Waals surface area (Å²) < 4.78 is 1.44. The van der Waals surface area contributed by atoms with Crippen LogP contribution in [0.3, 0.4) is 0 Å². The minimum Gasteiger partial charge on any atom is -0.336 e. The Bertz CT molecular complexity index is 1380. The van der Waals surface area contributed by atoms with Crippen molar-refractivity contribution >= 4 is 17.3 Å². The monoisotopic (exact) mass is 466 g/mol. The Kier molecular flexibility index (Phi) is 6.36. The Hall–Kier alpha value is -4.30. The molecular formula is C27H26N6O2. The minimum absolute atomic E-state index is 0.00538. The molecule has 0 radical (unpaired) electrons. The lowest BCUT2D eigenvalue weighted by molar-refractivity contribution is 0.0664. The summed E-state index contributed by atoms with van der Waals surface area (Å²) in [6.45, 7) is 3.15. The lowest BCUT2D eigenvalue weighted by Crippen LogP contribution is -2.47. The number of aromatic nitrogens is 2. The molecule has 1 amide bonds. The van der Waals surface area contributed by atoms with Gasteiger partial charge in [0, 0.05) is 37.3 Å². The fraction of sp³-hybridized carbons (Fsp3) is 0.185. The zero-order valence-corrected chi connectivity index (χ0v) is 19.5. The Morgan fingerprint density at radius 1 is 0.800 bits per heavy atom. The van der Waals surface area contributed by atoms with Crippen molar-refractivity contribution in [1.29, 1.82) is 0 Å². The average molecular weight is 467 g/mol. The summed E-state index contributed by atoms with van der Waals surface area (Å²) in [7, 11) is 2.06. The van der Waals surface area contributed by atoms with E-state index < -0.39 is 0 Å². The number of nitrogens with zero attached hydrogens (tertiary/aromatic N) is 5. The third-order valence-corrected chi connectivity index (χ3v) is 6.11. The third-order valence-electron chi connectivity index (χ3n) is 6.11. The Balaban J connectivity index is 1.48. The lowest BCUT2D eigenvalue weighted by atomic mass is 10.1. The number of carbonyl (C=O) groups excluding carboxylic acids is 1. The number of amides is 1. The second-order valence-electron chi connectivity index (χ2n) is 8.52.